The highest BCUT2D eigenvalue weighted by Gasteiger charge is 2.20. The molecule has 5 rings (SSSR count). The minimum Gasteiger partial charge on any atom is -0.486 e. The summed E-state index contributed by atoms with van der Waals surface area (Å²) in [5, 5.41) is 9.59. The molecule has 0 aliphatic carbocycles. The standard InChI is InChI=1S/C22H19N3O3S/c1-14(28-18-8-6-15-4-2-3-5-16(15)12-18)21-23-24-22(29)25(21)17-7-9-19-20(13-17)27-11-10-26-19/h2-9,12-14H,10-11H2,1H3,(H,24,29)/t14-/m1/s1. The summed E-state index contributed by atoms with van der Waals surface area (Å²) in [6.07, 6.45) is -0.322. The number of fused-ring (bicyclic) bond motifs is 2. The van der Waals surface area contributed by atoms with E-state index < -0.39 is 0 Å². The predicted molar refractivity (Wildman–Crippen MR) is 113 cm³/mol. The molecule has 1 atom stereocenters. The molecular formula is C22H19N3O3S. The van der Waals surface area contributed by atoms with Crippen LogP contribution in [-0.2, 0) is 0 Å². The molecule has 6 nitrogen and oxygen atoms in total. The van der Waals surface area contributed by atoms with Gasteiger partial charge in [0.05, 0.1) is 5.69 Å². The fraction of sp³-hybridized carbons (Fsp3) is 0.182. The molecule has 0 saturated heterocycles. The Morgan fingerprint density at radius 2 is 1.79 bits per heavy atom. The van der Waals surface area contributed by atoms with Crippen molar-refractivity contribution in [3.8, 4) is 22.9 Å². The van der Waals surface area contributed by atoms with E-state index in [1.54, 1.807) is 0 Å². The molecule has 146 valence electrons. The fourth-order valence-corrected chi connectivity index (χ4v) is 3.74. The quantitative estimate of drug-likeness (QED) is 0.485. The van der Waals surface area contributed by atoms with E-state index in [1.165, 1.54) is 5.39 Å². The van der Waals surface area contributed by atoms with Crippen molar-refractivity contribution in [2.45, 2.75) is 13.0 Å². The molecule has 1 aromatic heterocycles. The van der Waals surface area contributed by atoms with Crippen molar-refractivity contribution in [3.05, 3.63) is 71.3 Å². The Bertz CT molecular complexity index is 1250. The second-order valence-corrected chi connectivity index (χ2v) is 7.21. The van der Waals surface area contributed by atoms with Crippen molar-refractivity contribution < 1.29 is 14.2 Å². The van der Waals surface area contributed by atoms with E-state index in [-0.39, 0.29) is 6.10 Å². The second kappa shape index (κ2) is 7.25. The maximum absolute atomic E-state index is 6.19. The molecule has 3 aromatic carbocycles. The largest absolute Gasteiger partial charge is 0.486 e. The maximum atomic E-state index is 6.19. The molecule has 0 bridgehead atoms. The highest BCUT2D eigenvalue weighted by Crippen LogP contribution is 2.33. The van der Waals surface area contributed by atoms with E-state index >= 15 is 0 Å². The summed E-state index contributed by atoms with van der Waals surface area (Å²) in [6.45, 7) is 3.04. The first-order valence-electron chi connectivity index (χ1n) is 9.42. The molecule has 4 aromatic rings. The third kappa shape index (κ3) is 3.34. The van der Waals surface area contributed by atoms with Crippen LogP contribution in [0.5, 0.6) is 17.2 Å². The van der Waals surface area contributed by atoms with Crippen LogP contribution in [0.3, 0.4) is 0 Å². The number of nitrogens with one attached hydrogen (secondary N) is 1. The van der Waals surface area contributed by atoms with Gasteiger partial charge in [0, 0.05) is 6.07 Å². The molecule has 0 fully saturated rings. The summed E-state index contributed by atoms with van der Waals surface area (Å²) in [6, 6.07) is 20.0. The van der Waals surface area contributed by atoms with E-state index in [1.807, 2.05) is 54.0 Å². The number of aromatic amines is 1. The first-order valence-corrected chi connectivity index (χ1v) is 9.83. The SMILES string of the molecule is C[C@@H](Oc1ccc2ccccc2c1)c1n[nH]c(=S)n1-c1ccc2c(c1)OCCO2. The lowest BCUT2D eigenvalue weighted by Crippen LogP contribution is -2.16. The average molecular weight is 405 g/mol. The highest BCUT2D eigenvalue weighted by atomic mass is 32.1. The summed E-state index contributed by atoms with van der Waals surface area (Å²) in [4.78, 5) is 0. The van der Waals surface area contributed by atoms with Gasteiger partial charge < -0.3 is 14.2 Å². The Hall–Kier alpha value is -3.32. The van der Waals surface area contributed by atoms with Crippen LogP contribution < -0.4 is 14.2 Å². The van der Waals surface area contributed by atoms with Crippen molar-refractivity contribution in [1.82, 2.24) is 14.8 Å². The van der Waals surface area contributed by atoms with Crippen molar-refractivity contribution in [1.29, 1.82) is 0 Å². The molecule has 0 saturated carbocycles. The Morgan fingerprint density at radius 1 is 1.00 bits per heavy atom. The fourth-order valence-electron chi connectivity index (χ4n) is 3.50. The Labute approximate surface area is 172 Å². The summed E-state index contributed by atoms with van der Waals surface area (Å²) in [5.41, 5.74) is 0.844. The van der Waals surface area contributed by atoms with Gasteiger partial charge >= 0.3 is 0 Å². The smallest absolute Gasteiger partial charge is 0.199 e. The number of rotatable bonds is 4. The predicted octanol–water partition coefficient (Wildman–Crippen LogP) is 4.99. The zero-order valence-electron chi connectivity index (χ0n) is 15.8. The zero-order chi connectivity index (χ0) is 19.8. The zero-order valence-corrected chi connectivity index (χ0v) is 16.6. The summed E-state index contributed by atoms with van der Waals surface area (Å²) in [7, 11) is 0. The topological polar surface area (TPSA) is 61.3 Å². The third-order valence-corrected chi connectivity index (χ3v) is 5.15. The van der Waals surface area contributed by atoms with E-state index in [9.17, 15) is 0 Å². The lowest BCUT2D eigenvalue weighted by Gasteiger charge is -2.20. The van der Waals surface area contributed by atoms with Crippen LogP contribution in [0.4, 0.5) is 0 Å². The average Bonchev–Trinajstić information content (AvgIpc) is 3.15. The Balaban J connectivity index is 1.48. The number of hydrogen-bond donors (Lipinski definition) is 1. The van der Waals surface area contributed by atoms with Crippen LogP contribution >= 0.6 is 12.2 Å². The van der Waals surface area contributed by atoms with Gasteiger partial charge in [-0.25, -0.2) is 0 Å². The number of hydrogen-bond acceptors (Lipinski definition) is 5. The number of ether oxygens (including phenoxy) is 3. The van der Waals surface area contributed by atoms with Crippen LogP contribution in [0.1, 0.15) is 18.9 Å². The van der Waals surface area contributed by atoms with Gasteiger partial charge in [0.15, 0.2) is 28.2 Å². The van der Waals surface area contributed by atoms with Crippen LogP contribution in [-0.4, -0.2) is 28.0 Å². The number of benzene rings is 3. The molecule has 1 N–H and O–H groups in total. The lowest BCUT2D eigenvalue weighted by molar-refractivity contribution is 0.171. The third-order valence-electron chi connectivity index (χ3n) is 4.88. The molecule has 1 aliphatic heterocycles. The number of H-pyrrole nitrogens is 1. The van der Waals surface area contributed by atoms with Gasteiger partial charge in [-0.2, -0.15) is 5.10 Å². The normalized spacial score (nSPS) is 14.0. The van der Waals surface area contributed by atoms with Gasteiger partial charge in [0.2, 0.25) is 0 Å². The summed E-state index contributed by atoms with van der Waals surface area (Å²) in [5.74, 6) is 2.89. The first-order chi connectivity index (χ1) is 14.2. The first kappa shape index (κ1) is 17.8. The van der Waals surface area contributed by atoms with E-state index in [4.69, 9.17) is 26.4 Å². The molecule has 29 heavy (non-hydrogen) atoms. The summed E-state index contributed by atoms with van der Waals surface area (Å²) >= 11 is 5.47. The lowest BCUT2D eigenvalue weighted by atomic mass is 10.1. The summed E-state index contributed by atoms with van der Waals surface area (Å²) < 4.78 is 19.9. The molecule has 0 radical (unpaired) electrons. The Morgan fingerprint density at radius 3 is 2.66 bits per heavy atom. The highest BCUT2D eigenvalue weighted by molar-refractivity contribution is 7.71. The molecule has 1 aliphatic rings. The van der Waals surface area contributed by atoms with Gasteiger partial charge in [-0.3, -0.25) is 9.67 Å². The van der Waals surface area contributed by atoms with Crippen LogP contribution in [0.15, 0.2) is 60.7 Å². The van der Waals surface area contributed by atoms with Crippen LogP contribution in [0.2, 0.25) is 0 Å². The van der Waals surface area contributed by atoms with Crippen molar-refractivity contribution in [2.75, 3.05) is 13.2 Å². The van der Waals surface area contributed by atoms with E-state index in [0.717, 1.165) is 22.6 Å². The van der Waals surface area contributed by atoms with Gasteiger partial charge in [-0.05, 0) is 54.2 Å². The molecule has 0 unspecified atom stereocenters. The second-order valence-electron chi connectivity index (χ2n) is 6.82. The van der Waals surface area contributed by atoms with E-state index in [2.05, 4.69) is 28.4 Å². The Kier molecular flexibility index (Phi) is 4.44. The minimum absolute atomic E-state index is 0.322. The number of nitrogens with zero attached hydrogens (tertiary/aromatic N) is 2. The molecule has 0 amide bonds. The monoisotopic (exact) mass is 405 g/mol. The van der Waals surface area contributed by atoms with Crippen molar-refractivity contribution >= 4 is 23.0 Å². The van der Waals surface area contributed by atoms with Crippen LogP contribution in [0.25, 0.3) is 16.5 Å². The van der Waals surface area contributed by atoms with E-state index in [0.29, 0.717) is 29.6 Å². The minimum atomic E-state index is -0.322. The molecular weight excluding hydrogens is 386 g/mol. The number of aromatic nitrogens is 3. The van der Waals surface area contributed by atoms with Crippen LogP contribution in [0, 0.1) is 4.77 Å². The van der Waals surface area contributed by atoms with Crippen molar-refractivity contribution in [3.63, 3.8) is 0 Å². The van der Waals surface area contributed by atoms with Gasteiger partial charge in [0.1, 0.15) is 19.0 Å². The maximum Gasteiger partial charge on any atom is 0.199 e. The van der Waals surface area contributed by atoms with Gasteiger partial charge in [-0.15, -0.1) is 0 Å². The molecule has 7 heteroatoms. The van der Waals surface area contributed by atoms with Gasteiger partial charge in [-0.1, -0.05) is 30.3 Å². The molecule has 2 heterocycles. The molecule has 0 spiro atoms. The van der Waals surface area contributed by atoms with Crippen molar-refractivity contribution in [2.24, 2.45) is 0 Å². The van der Waals surface area contributed by atoms with Gasteiger partial charge in [0.25, 0.3) is 0 Å².